The van der Waals surface area contributed by atoms with E-state index in [1.54, 1.807) is 6.92 Å². The van der Waals surface area contributed by atoms with Crippen LogP contribution in [-0.4, -0.2) is 31.8 Å². The first kappa shape index (κ1) is 31.1. The Balaban J connectivity index is 2.36. The normalized spacial score (nSPS) is 18.6. The number of rotatable bonds is 5. The number of esters is 1. The van der Waals surface area contributed by atoms with Crippen LogP contribution in [0.25, 0.3) is 0 Å². The molecule has 14 heteroatoms. The first-order chi connectivity index (χ1) is 18.4. The highest BCUT2D eigenvalue weighted by Gasteiger charge is 2.46. The minimum atomic E-state index is -5.24. The summed E-state index contributed by atoms with van der Waals surface area (Å²) >= 11 is 0. The SMILES string of the molecule is CCOC(=O)N1c2ccc(C(F)(F)F)cc2[C@@H]([C@@H](C(=O)OC)c2cc(C(F)(F)F)cc(C(F)(F)F)c2)C[C@@H]1CC. The summed E-state index contributed by atoms with van der Waals surface area (Å²) in [6.07, 6.45) is -16.4. The molecule has 1 amide bonds. The standard InChI is InChI=1S/C26H24F9NO4/c1-4-17-12-19(18-11-14(24(27,28)29)6-7-20(18)36(17)23(38)40-5-2)21(22(37)39-3)13-8-15(25(30,31)32)10-16(9-13)26(33,34)35/h6-11,17,19,21H,4-5,12H2,1-3H3/t17-,19-,21-/m0/s1. The molecule has 0 saturated heterocycles. The molecule has 0 radical (unpaired) electrons. The zero-order chi connectivity index (χ0) is 30.2. The summed E-state index contributed by atoms with van der Waals surface area (Å²) in [5.41, 5.74) is -5.75. The van der Waals surface area contributed by atoms with E-state index >= 15 is 0 Å². The van der Waals surface area contributed by atoms with Crippen molar-refractivity contribution in [2.45, 2.75) is 63.1 Å². The molecule has 2 aromatic rings. The number of amides is 1. The molecule has 0 bridgehead atoms. The lowest BCUT2D eigenvalue weighted by Crippen LogP contribution is -2.46. The van der Waals surface area contributed by atoms with Crippen LogP contribution in [0.15, 0.2) is 36.4 Å². The van der Waals surface area contributed by atoms with Crippen LogP contribution < -0.4 is 4.90 Å². The van der Waals surface area contributed by atoms with E-state index in [4.69, 9.17) is 9.47 Å². The summed E-state index contributed by atoms with van der Waals surface area (Å²) in [6.45, 7) is 3.03. The van der Waals surface area contributed by atoms with Gasteiger partial charge in [-0.25, -0.2) is 4.79 Å². The molecular weight excluding hydrogens is 561 g/mol. The highest BCUT2D eigenvalue weighted by atomic mass is 19.4. The van der Waals surface area contributed by atoms with Crippen LogP contribution in [0.2, 0.25) is 0 Å². The van der Waals surface area contributed by atoms with Gasteiger partial charge in [-0.1, -0.05) is 6.92 Å². The molecule has 0 N–H and O–H groups in total. The fourth-order valence-electron chi connectivity index (χ4n) is 4.89. The van der Waals surface area contributed by atoms with E-state index in [0.29, 0.717) is 24.3 Å². The van der Waals surface area contributed by atoms with Crippen LogP contribution in [0.5, 0.6) is 0 Å². The molecule has 1 aliphatic heterocycles. The van der Waals surface area contributed by atoms with E-state index < -0.39 is 70.7 Å². The topological polar surface area (TPSA) is 55.8 Å². The maximum absolute atomic E-state index is 13.7. The Morgan fingerprint density at radius 3 is 1.88 bits per heavy atom. The van der Waals surface area contributed by atoms with Crippen LogP contribution in [0, 0.1) is 0 Å². The van der Waals surface area contributed by atoms with E-state index in [9.17, 15) is 49.1 Å². The molecule has 5 nitrogen and oxygen atoms in total. The number of halogens is 9. The quantitative estimate of drug-likeness (QED) is 0.264. The minimum absolute atomic E-state index is 0.0829. The molecule has 3 rings (SSSR count). The number of methoxy groups -OCH3 is 1. The number of carbonyl (C=O) groups is 2. The predicted octanol–water partition coefficient (Wildman–Crippen LogP) is 7.93. The Labute approximate surface area is 222 Å². The van der Waals surface area contributed by atoms with Crippen LogP contribution in [0.3, 0.4) is 0 Å². The average Bonchev–Trinajstić information content (AvgIpc) is 2.86. The van der Waals surface area contributed by atoms with Gasteiger partial charge in [0.15, 0.2) is 0 Å². The number of hydrogen-bond donors (Lipinski definition) is 0. The Hall–Kier alpha value is -3.45. The third-order valence-corrected chi connectivity index (χ3v) is 6.67. The number of fused-ring (bicyclic) bond motifs is 1. The summed E-state index contributed by atoms with van der Waals surface area (Å²) < 4.78 is 132. The van der Waals surface area contributed by atoms with Crippen molar-refractivity contribution in [2.24, 2.45) is 0 Å². The number of ether oxygens (including phenoxy) is 2. The van der Waals surface area contributed by atoms with Crippen molar-refractivity contribution in [3.63, 3.8) is 0 Å². The van der Waals surface area contributed by atoms with E-state index in [2.05, 4.69) is 0 Å². The second-order valence-electron chi connectivity index (χ2n) is 9.08. The zero-order valence-corrected chi connectivity index (χ0v) is 21.3. The third kappa shape index (κ3) is 6.30. The van der Waals surface area contributed by atoms with Gasteiger partial charge in [-0.15, -0.1) is 0 Å². The molecule has 0 aliphatic carbocycles. The van der Waals surface area contributed by atoms with Gasteiger partial charge in [0.1, 0.15) is 0 Å². The second-order valence-corrected chi connectivity index (χ2v) is 9.08. The summed E-state index contributed by atoms with van der Waals surface area (Å²) in [5, 5.41) is 0. The average molecular weight is 585 g/mol. The summed E-state index contributed by atoms with van der Waals surface area (Å²) in [6, 6.07) is 2.03. The fourth-order valence-corrected chi connectivity index (χ4v) is 4.89. The van der Waals surface area contributed by atoms with Crippen LogP contribution >= 0.6 is 0 Å². The molecule has 220 valence electrons. The van der Waals surface area contributed by atoms with Gasteiger partial charge in [0, 0.05) is 12.0 Å². The van der Waals surface area contributed by atoms with Gasteiger partial charge in [-0.2, -0.15) is 39.5 Å². The number of benzene rings is 2. The maximum atomic E-state index is 13.7. The van der Waals surface area contributed by atoms with Gasteiger partial charge in [0.05, 0.1) is 42.0 Å². The van der Waals surface area contributed by atoms with Gasteiger partial charge in [-0.05, 0) is 67.3 Å². The Bertz CT molecular complexity index is 1220. The van der Waals surface area contributed by atoms with E-state index in [1.807, 2.05) is 0 Å². The molecule has 0 spiro atoms. The molecule has 3 atom stereocenters. The van der Waals surface area contributed by atoms with Crippen LogP contribution in [0.4, 0.5) is 50.0 Å². The van der Waals surface area contributed by atoms with Crippen molar-refractivity contribution in [3.8, 4) is 0 Å². The number of nitrogens with zero attached hydrogens (tertiary/aromatic N) is 1. The lowest BCUT2D eigenvalue weighted by Gasteiger charge is -2.42. The van der Waals surface area contributed by atoms with Gasteiger partial charge in [0.25, 0.3) is 0 Å². The monoisotopic (exact) mass is 585 g/mol. The van der Waals surface area contributed by atoms with Crippen LogP contribution in [-0.2, 0) is 32.8 Å². The van der Waals surface area contributed by atoms with Crippen molar-refractivity contribution >= 4 is 17.7 Å². The maximum Gasteiger partial charge on any atom is 0.416 e. The highest BCUT2D eigenvalue weighted by molar-refractivity contribution is 5.91. The van der Waals surface area contributed by atoms with Crippen molar-refractivity contribution in [3.05, 3.63) is 64.2 Å². The lowest BCUT2D eigenvalue weighted by atomic mass is 9.73. The highest BCUT2D eigenvalue weighted by Crippen LogP contribution is 2.50. The molecule has 0 aromatic heterocycles. The van der Waals surface area contributed by atoms with Gasteiger partial charge >= 0.3 is 30.6 Å². The Morgan fingerprint density at radius 2 is 1.43 bits per heavy atom. The Kier molecular flexibility index (Phi) is 8.70. The largest absolute Gasteiger partial charge is 0.469 e. The van der Waals surface area contributed by atoms with Crippen molar-refractivity contribution < 1.29 is 58.6 Å². The first-order valence-corrected chi connectivity index (χ1v) is 12.0. The second kappa shape index (κ2) is 11.2. The molecule has 2 aromatic carbocycles. The minimum Gasteiger partial charge on any atom is -0.469 e. The fraction of sp³-hybridized carbons (Fsp3) is 0.462. The molecule has 0 saturated carbocycles. The molecular formula is C26H24F9NO4. The summed E-state index contributed by atoms with van der Waals surface area (Å²) in [4.78, 5) is 26.9. The molecule has 1 aliphatic rings. The van der Waals surface area contributed by atoms with Gasteiger partial charge in [-0.3, -0.25) is 9.69 Å². The van der Waals surface area contributed by atoms with Gasteiger partial charge < -0.3 is 9.47 Å². The van der Waals surface area contributed by atoms with Crippen molar-refractivity contribution in [1.82, 2.24) is 0 Å². The molecule has 0 unspecified atom stereocenters. The number of anilines is 1. The lowest BCUT2D eigenvalue weighted by molar-refractivity contribution is -0.146. The van der Waals surface area contributed by atoms with Crippen LogP contribution in [0.1, 0.15) is 66.3 Å². The number of carbonyl (C=O) groups excluding carboxylic acids is 2. The van der Waals surface area contributed by atoms with E-state index in [0.717, 1.165) is 18.1 Å². The molecule has 0 fully saturated rings. The molecule has 40 heavy (non-hydrogen) atoms. The van der Waals surface area contributed by atoms with Crippen molar-refractivity contribution in [2.75, 3.05) is 18.6 Å². The zero-order valence-electron chi connectivity index (χ0n) is 21.3. The smallest absolute Gasteiger partial charge is 0.416 e. The number of hydrogen-bond acceptors (Lipinski definition) is 4. The summed E-state index contributed by atoms with van der Waals surface area (Å²) in [5.74, 6) is -4.54. The Morgan fingerprint density at radius 1 is 0.875 bits per heavy atom. The van der Waals surface area contributed by atoms with Crippen molar-refractivity contribution in [1.29, 1.82) is 0 Å². The summed E-state index contributed by atoms with van der Waals surface area (Å²) in [7, 11) is 0.853. The number of alkyl halides is 9. The van der Waals surface area contributed by atoms with E-state index in [-0.39, 0.29) is 36.8 Å². The third-order valence-electron chi connectivity index (χ3n) is 6.67. The van der Waals surface area contributed by atoms with Gasteiger partial charge in [0.2, 0.25) is 0 Å². The van der Waals surface area contributed by atoms with E-state index in [1.165, 1.54) is 6.92 Å². The predicted molar refractivity (Wildman–Crippen MR) is 124 cm³/mol. The molecule has 1 heterocycles. The first-order valence-electron chi connectivity index (χ1n) is 12.0.